The number of benzene rings is 2. The summed E-state index contributed by atoms with van der Waals surface area (Å²) in [5.41, 5.74) is 1.54. The van der Waals surface area contributed by atoms with Crippen LogP contribution in [0.3, 0.4) is 0 Å². The second-order valence-corrected chi connectivity index (χ2v) is 9.20. The van der Waals surface area contributed by atoms with E-state index in [1.54, 1.807) is 30.3 Å². The first kappa shape index (κ1) is 20.3. The number of aromatic hydroxyl groups is 1. The number of phenols is 1. The average Bonchev–Trinajstić information content (AvgIpc) is 2.57. The molecule has 0 unspecified atom stereocenters. The van der Waals surface area contributed by atoms with Crippen LogP contribution >= 0.6 is 15.9 Å². The van der Waals surface area contributed by atoms with Crippen LogP contribution in [0.5, 0.6) is 11.5 Å². The Balaban J connectivity index is 2.18. The minimum Gasteiger partial charge on any atom is -0.503 e. The van der Waals surface area contributed by atoms with Gasteiger partial charge in [-0.3, -0.25) is 0 Å². The van der Waals surface area contributed by atoms with Crippen LogP contribution in [-0.4, -0.2) is 26.8 Å². The van der Waals surface area contributed by atoms with E-state index in [2.05, 4.69) is 46.6 Å². The van der Waals surface area contributed by atoms with E-state index in [4.69, 9.17) is 4.74 Å². The number of hydrazone groups is 1. The van der Waals surface area contributed by atoms with E-state index >= 15 is 0 Å². The average molecular weight is 441 g/mol. The van der Waals surface area contributed by atoms with Gasteiger partial charge in [0.25, 0.3) is 10.0 Å². The molecule has 0 heterocycles. The standard InChI is InChI=1S/C18H21BrN2O4S/c1-18(2,3)13-5-7-14(8-6-13)26(23,24)21-20-11-12-9-15(19)17(22)16(10-12)25-4/h5-11,21-22H,1-4H3. The number of hydrogen-bond donors (Lipinski definition) is 2. The molecule has 2 aromatic carbocycles. The molecule has 2 N–H and O–H groups in total. The third-order valence-corrected chi connectivity index (χ3v) is 5.53. The molecule has 0 aliphatic carbocycles. The molecule has 0 aliphatic rings. The third kappa shape index (κ3) is 4.76. The van der Waals surface area contributed by atoms with E-state index in [1.807, 2.05) is 0 Å². The summed E-state index contributed by atoms with van der Waals surface area (Å²) < 4.78 is 30.1. The zero-order chi connectivity index (χ0) is 19.5. The molecule has 26 heavy (non-hydrogen) atoms. The van der Waals surface area contributed by atoms with E-state index in [9.17, 15) is 13.5 Å². The van der Waals surface area contributed by atoms with Crippen LogP contribution in [0.1, 0.15) is 31.9 Å². The van der Waals surface area contributed by atoms with Crippen LogP contribution in [0, 0.1) is 0 Å². The van der Waals surface area contributed by atoms with Gasteiger partial charge in [0.1, 0.15) is 0 Å². The fourth-order valence-corrected chi connectivity index (χ4v) is 3.43. The third-order valence-electron chi connectivity index (χ3n) is 3.69. The highest BCUT2D eigenvalue weighted by molar-refractivity contribution is 9.10. The van der Waals surface area contributed by atoms with Gasteiger partial charge in [0.05, 0.1) is 22.7 Å². The molecule has 6 nitrogen and oxygen atoms in total. The first-order chi connectivity index (χ1) is 12.0. The normalized spacial score (nSPS) is 12.3. The van der Waals surface area contributed by atoms with Gasteiger partial charge in [0.2, 0.25) is 0 Å². The summed E-state index contributed by atoms with van der Waals surface area (Å²) in [6, 6.07) is 9.82. The molecule has 0 fully saturated rings. The molecular weight excluding hydrogens is 420 g/mol. The Kier molecular flexibility index (Phi) is 5.98. The Morgan fingerprint density at radius 2 is 1.81 bits per heavy atom. The van der Waals surface area contributed by atoms with Crippen molar-refractivity contribution in [2.24, 2.45) is 5.10 Å². The molecule has 0 saturated heterocycles. The quantitative estimate of drug-likeness (QED) is 0.546. The summed E-state index contributed by atoms with van der Waals surface area (Å²) in [6.45, 7) is 6.18. The fraction of sp³-hybridized carbons (Fsp3) is 0.278. The second-order valence-electron chi connectivity index (χ2n) is 6.68. The van der Waals surface area contributed by atoms with Crippen molar-refractivity contribution < 1.29 is 18.3 Å². The number of methoxy groups -OCH3 is 1. The number of halogens is 1. The first-order valence-electron chi connectivity index (χ1n) is 7.76. The number of nitrogens with one attached hydrogen (secondary N) is 1. The van der Waals surface area contributed by atoms with Crippen LogP contribution in [0.15, 0.2) is 50.9 Å². The van der Waals surface area contributed by atoms with Crippen LogP contribution in [0.25, 0.3) is 0 Å². The molecule has 0 aromatic heterocycles. The molecule has 2 rings (SSSR count). The Hall–Kier alpha value is -2.06. The predicted octanol–water partition coefficient (Wildman–Crippen LogP) is 3.77. The van der Waals surface area contributed by atoms with Crippen molar-refractivity contribution in [1.82, 2.24) is 4.83 Å². The Labute approximate surface area is 162 Å². The van der Waals surface area contributed by atoms with Crippen molar-refractivity contribution in [1.29, 1.82) is 0 Å². The highest BCUT2D eigenvalue weighted by atomic mass is 79.9. The maximum absolute atomic E-state index is 12.3. The summed E-state index contributed by atoms with van der Waals surface area (Å²) in [7, 11) is -2.34. The first-order valence-corrected chi connectivity index (χ1v) is 10.0. The number of rotatable bonds is 5. The molecule has 2 aromatic rings. The number of ether oxygens (including phenoxy) is 1. The smallest absolute Gasteiger partial charge is 0.276 e. The topological polar surface area (TPSA) is 88.0 Å². The zero-order valence-electron chi connectivity index (χ0n) is 14.9. The molecule has 0 spiro atoms. The summed E-state index contributed by atoms with van der Waals surface area (Å²) in [4.78, 5) is 2.31. The van der Waals surface area contributed by atoms with E-state index in [1.165, 1.54) is 19.4 Å². The Morgan fingerprint density at radius 1 is 1.19 bits per heavy atom. The number of nitrogens with zero attached hydrogens (tertiary/aromatic N) is 1. The van der Waals surface area contributed by atoms with Gasteiger partial charge in [-0.1, -0.05) is 32.9 Å². The van der Waals surface area contributed by atoms with E-state index in [0.717, 1.165) is 5.56 Å². The van der Waals surface area contributed by atoms with Crippen LogP contribution < -0.4 is 9.57 Å². The summed E-state index contributed by atoms with van der Waals surface area (Å²) >= 11 is 3.20. The lowest BCUT2D eigenvalue weighted by molar-refractivity contribution is 0.372. The molecule has 0 amide bonds. The van der Waals surface area contributed by atoms with Gasteiger partial charge < -0.3 is 9.84 Å². The van der Waals surface area contributed by atoms with E-state index in [0.29, 0.717) is 10.0 Å². The summed E-state index contributed by atoms with van der Waals surface area (Å²) in [5, 5.41) is 13.6. The molecule has 0 atom stereocenters. The highest BCUT2D eigenvalue weighted by Gasteiger charge is 2.17. The van der Waals surface area contributed by atoms with Gasteiger partial charge in [0, 0.05) is 0 Å². The zero-order valence-corrected chi connectivity index (χ0v) is 17.3. The van der Waals surface area contributed by atoms with E-state index < -0.39 is 10.0 Å². The van der Waals surface area contributed by atoms with Crippen LogP contribution in [-0.2, 0) is 15.4 Å². The summed E-state index contributed by atoms with van der Waals surface area (Å²) in [6.07, 6.45) is 1.33. The molecule has 0 radical (unpaired) electrons. The Bertz CT molecular complexity index is 917. The minimum absolute atomic E-state index is 0.0378. The van der Waals surface area contributed by atoms with Gasteiger partial charge in [0.15, 0.2) is 11.5 Å². The lowest BCUT2D eigenvalue weighted by atomic mass is 9.87. The van der Waals surface area contributed by atoms with Crippen LogP contribution in [0.4, 0.5) is 0 Å². The maximum atomic E-state index is 12.3. The SMILES string of the molecule is COc1cc(C=NNS(=O)(=O)c2ccc(C(C)(C)C)cc2)cc(Br)c1O. The van der Waals surface area contributed by atoms with Crippen molar-refractivity contribution in [3.8, 4) is 11.5 Å². The van der Waals surface area contributed by atoms with E-state index in [-0.39, 0.29) is 21.8 Å². The second kappa shape index (κ2) is 7.67. The van der Waals surface area contributed by atoms with Crippen molar-refractivity contribution in [3.63, 3.8) is 0 Å². The minimum atomic E-state index is -3.77. The largest absolute Gasteiger partial charge is 0.503 e. The molecular formula is C18H21BrN2O4S. The molecule has 8 heteroatoms. The van der Waals surface area contributed by atoms with Crippen molar-refractivity contribution in [3.05, 3.63) is 52.0 Å². The lowest BCUT2D eigenvalue weighted by Crippen LogP contribution is -2.19. The fourth-order valence-electron chi connectivity index (χ4n) is 2.18. The molecule has 0 bridgehead atoms. The van der Waals surface area contributed by atoms with Gasteiger partial charge in [-0.2, -0.15) is 13.5 Å². The van der Waals surface area contributed by atoms with Crippen molar-refractivity contribution >= 4 is 32.2 Å². The van der Waals surface area contributed by atoms with Gasteiger partial charge in [-0.05, 0) is 56.7 Å². The van der Waals surface area contributed by atoms with Crippen molar-refractivity contribution in [2.75, 3.05) is 7.11 Å². The Morgan fingerprint density at radius 3 is 2.35 bits per heavy atom. The lowest BCUT2D eigenvalue weighted by Gasteiger charge is -2.19. The molecule has 140 valence electrons. The highest BCUT2D eigenvalue weighted by Crippen LogP contribution is 2.34. The molecule has 0 aliphatic heterocycles. The van der Waals surface area contributed by atoms with Gasteiger partial charge >= 0.3 is 0 Å². The monoisotopic (exact) mass is 440 g/mol. The number of hydrogen-bond acceptors (Lipinski definition) is 5. The predicted molar refractivity (Wildman–Crippen MR) is 105 cm³/mol. The molecule has 0 saturated carbocycles. The maximum Gasteiger partial charge on any atom is 0.276 e. The van der Waals surface area contributed by atoms with Crippen LogP contribution in [0.2, 0.25) is 0 Å². The van der Waals surface area contributed by atoms with Gasteiger partial charge in [-0.15, -0.1) is 0 Å². The number of phenolic OH excluding ortho intramolecular Hbond substituents is 1. The van der Waals surface area contributed by atoms with Crippen molar-refractivity contribution in [2.45, 2.75) is 31.1 Å². The van der Waals surface area contributed by atoms with Gasteiger partial charge in [-0.25, -0.2) is 4.83 Å². The number of sulfonamides is 1. The summed E-state index contributed by atoms with van der Waals surface area (Å²) in [5.74, 6) is 0.214.